The van der Waals surface area contributed by atoms with Crippen LogP contribution in [0.2, 0.25) is 5.02 Å². The summed E-state index contributed by atoms with van der Waals surface area (Å²) in [5.74, 6) is 0.474. The first-order chi connectivity index (χ1) is 7.70. The quantitative estimate of drug-likeness (QED) is 0.753. The summed E-state index contributed by atoms with van der Waals surface area (Å²) in [7, 11) is 2.15. The second-order valence-corrected chi connectivity index (χ2v) is 4.87. The minimum Gasteiger partial charge on any atom is -0.369 e. The number of nitrogens with zero attached hydrogens (tertiary/aromatic N) is 2. The number of rotatable bonds is 2. The number of anilines is 1. The van der Waals surface area contributed by atoms with Crippen LogP contribution in [0.25, 0.3) is 0 Å². The zero-order chi connectivity index (χ0) is 11.5. The Labute approximate surface area is 107 Å². The van der Waals surface area contributed by atoms with Crippen LogP contribution in [0.5, 0.6) is 0 Å². The number of halogens is 2. The van der Waals surface area contributed by atoms with Gasteiger partial charge in [-0.05, 0) is 24.7 Å². The topological polar surface area (TPSA) is 6.48 Å². The molecule has 0 N–H and O–H groups in total. The van der Waals surface area contributed by atoms with Crippen LogP contribution in [-0.2, 0) is 5.88 Å². The summed E-state index contributed by atoms with van der Waals surface area (Å²) < 4.78 is 0. The van der Waals surface area contributed by atoms with Crippen LogP contribution in [0.3, 0.4) is 0 Å². The van der Waals surface area contributed by atoms with Crippen molar-refractivity contribution in [3.05, 3.63) is 28.8 Å². The van der Waals surface area contributed by atoms with Crippen LogP contribution in [0.4, 0.5) is 5.69 Å². The van der Waals surface area contributed by atoms with Crippen molar-refractivity contribution in [2.75, 3.05) is 38.1 Å². The summed E-state index contributed by atoms with van der Waals surface area (Å²) in [5, 5.41) is 0.770. The molecule has 0 spiro atoms. The lowest BCUT2D eigenvalue weighted by molar-refractivity contribution is 0.313. The fourth-order valence-corrected chi connectivity index (χ4v) is 2.45. The standard InChI is InChI=1S/C12H16Cl2N2/c1-15-4-6-16(7-5-15)11-3-2-10(9-13)12(14)8-11/h2-3,8H,4-7,9H2,1H3. The highest BCUT2D eigenvalue weighted by Crippen LogP contribution is 2.25. The van der Waals surface area contributed by atoms with E-state index in [1.807, 2.05) is 12.1 Å². The van der Waals surface area contributed by atoms with Gasteiger partial charge >= 0.3 is 0 Å². The molecule has 1 saturated heterocycles. The molecule has 1 aromatic carbocycles. The first-order valence-corrected chi connectivity index (χ1v) is 6.40. The van der Waals surface area contributed by atoms with E-state index in [2.05, 4.69) is 22.9 Å². The predicted molar refractivity (Wildman–Crippen MR) is 70.7 cm³/mol. The number of hydrogen-bond acceptors (Lipinski definition) is 2. The first kappa shape index (κ1) is 12.0. The van der Waals surface area contributed by atoms with Crippen molar-refractivity contribution < 1.29 is 0 Å². The molecule has 0 bridgehead atoms. The highest BCUT2D eigenvalue weighted by molar-refractivity contribution is 6.32. The molecule has 1 aliphatic rings. The van der Waals surface area contributed by atoms with Gasteiger partial charge in [-0.2, -0.15) is 0 Å². The maximum Gasteiger partial charge on any atom is 0.0488 e. The third-order valence-electron chi connectivity index (χ3n) is 3.05. The Kier molecular flexibility index (Phi) is 3.95. The van der Waals surface area contributed by atoms with Crippen LogP contribution in [0.15, 0.2) is 18.2 Å². The van der Waals surface area contributed by atoms with Crippen molar-refractivity contribution in [2.45, 2.75) is 5.88 Å². The Morgan fingerprint density at radius 3 is 2.44 bits per heavy atom. The van der Waals surface area contributed by atoms with Crippen molar-refractivity contribution in [1.82, 2.24) is 4.90 Å². The lowest BCUT2D eigenvalue weighted by Gasteiger charge is -2.34. The summed E-state index contributed by atoms with van der Waals surface area (Å²) in [5.41, 5.74) is 2.20. The Hall–Kier alpha value is -0.440. The van der Waals surface area contributed by atoms with E-state index in [0.29, 0.717) is 5.88 Å². The van der Waals surface area contributed by atoms with Crippen molar-refractivity contribution in [2.24, 2.45) is 0 Å². The molecule has 0 unspecified atom stereocenters. The molecule has 88 valence electrons. The SMILES string of the molecule is CN1CCN(c2ccc(CCl)c(Cl)c2)CC1. The van der Waals surface area contributed by atoms with Gasteiger partial charge in [-0.25, -0.2) is 0 Å². The number of benzene rings is 1. The molecule has 1 aromatic rings. The van der Waals surface area contributed by atoms with E-state index in [-0.39, 0.29) is 0 Å². The Morgan fingerprint density at radius 2 is 1.88 bits per heavy atom. The lowest BCUT2D eigenvalue weighted by atomic mass is 10.2. The van der Waals surface area contributed by atoms with Gasteiger partial charge in [-0.15, -0.1) is 11.6 Å². The van der Waals surface area contributed by atoms with Gasteiger partial charge in [0.25, 0.3) is 0 Å². The molecule has 1 heterocycles. The molecule has 2 rings (SSSR count). The van der Waals surface area contributed by atoms with Crippen LogP contribution >= 0.6 is 23.2 Å². The maximum atomic E-state index is 6.16. The van der Waals surface area contributed by atoms with Gasteiger partial charge < -0.3 is 9.80 Å². The van der Waals surface area contributed by atoms with Crippen molar-refractivity contribution >= 4 is 28.9 Å². The van der Waals surface area contributed by atoms with Gasteiger partial charge in [0.1, 0.15) is 0 Å². The fraction of sp³-hybridized carbons (Fsp3) is 0.500. The summed E-state index contributed by atoms with van der Waals surface area (Å²) >= 11 is 11.9. The fourth-order valence-electron chi connectivity index (χ4n) is 1.91. The van der Waals surface area contributed by atoms with Gasteiger partial charge in [0.15, 0.2) is 0 Å². The number of hydrogen-bond donors (Lipinski definition) is 0. The van der Waals surface area contributed by atoms with Crippen LogP contribution < -0.4 is 4.90 Å². The van der Waals surface area contributed by atoms with E-state index < -0.39 is 0 Å². The number of likely N-dealkylation sites (N-methyl/N-ethyl adjacent to an activating group) is 1. The summed E-state index contributed by atoms with van der Waals surface area (Å²) in [6.45, 7) is 4.34. The minimum absolute atomic E-state index is 0.474. The molecule has 4 heteroatoms. The van der Waals surface area contributed by atoms with Crippen LogP contribution in [0.1, 0.15) is 5.56 Å². The Bertz CT molecular complexity index is 360. The van der Waals surface area contributed by atoms with Gasteiger partial charge in [0.05, 0.1) is 0 Å². The largest absolute Gasteiger partial charge is 0.369 e. The molecular weight excluding hydrogens is 243 g/mol. The minimum atomic E-state index is 0.474. The average molecular weight is 259 g/mol. The van der Waals surface area contributed by atoms with Crippen molar-refractivity contribution in [1.29, 1.82) is 0 Å². The molecule has 16 heavy (non-hydrogen) atoms. The predicted octanol–water partition coefficient (Wildman–Crippen LogP) is 2.83. The van der Waals surface area contributed by atoms with E-state index in [1.54, 1.807) is 0 Å². The van der Waals surface area contributed by atoms with Gasteiger partial charge in [-0.3, -0.25) is 0 Å². The van der Waals surface area contributed by atoms with Crippen molar-refractivity contribution in [3.8, 4) is 0 Å². The van der Waals surface area contributed by atoms with E-state index >= 15 is 0 Å². The normalized spacial score (nSPS) is 17.8. The van der Waals surface area contributed by atoms with Crippen LogP contribution in [-0.4, -0.2) is 38.1 Å². The molecule has 0 saturated carbocycles. The summed E-state index contributed by atoms with van der Waals surface area (Å²) in [6.07, 6.45) is 0. The van der Waals surface area contributed by atoms with Crippen molar-refractivity contribution in [3.63, 3.8) is 0 Å². The number of alkyl halides is 1. The zero-order valence-corrected chi connectivity index (χ0v) is 10.9. The average Bonchev–Trinajstić information content (AvgIpc) is 2.30. The van der Waals surface area contributed by atoms with Crippen LogP contribution in [0, 0.1) is 0 Å². The van der Waals surface area contributed by atoms with E-state index in [4.69, 9.17) is 23.2 Å². The highest BCUT2D eigenvalue weighted by atomic mass is 35.5. The monoisotopic (exact) mass is 258 g/mol. The Morgan fingerprint density at radius 1 is 1.19 bits per heavy atom. The summed E-state index contributed by atoms with van der Waals surface area (Å²) in [4.78, 5) is 4.70. The molecule has 0 radical (unpaired) electrons. The van der Waals surface area contributed by atoms with E-state index in [0.717, 1.165) is 36.8 Å². The highest BCUT2D eigenvalue weighted by Gasteiger charge is 2.14. The molecule has 0 amide bonds. The maximum absolute atomic E-state index is 6.16. The molecular formula is C12H16Cl2N2. The molecule has 2 nitrogen and oxygen atoms in total. The third kappa shape index (κ3) is 2.62. The smallest absolute Gasteiger partial charge is 0.0488 e. The Balaban J connectivity index is 2.12. The van der Waals surface area contributed by atoms with Gasteiger partial charge in [-0.1, -0.05) is 17.7 Å². The number of piperazine rings is 1. The molecule has 1 aliphatic heterocycles. The van der Waals surface area contributed by atoms with Gasteiger partial charge in [0.2, 0.25) is 0 Å². The molecule has 0 atom stereocenters. The van der Waals surface area contributed by atoms with E-state index in [1.165, 1.54) is 5.69 Å². The zero-order valence-electron chi connectivity index (χ0n) is 9.42. The molecule has 1 fully saturated rings. The third-order valence-corrected chi connectivity index (χ3v) is 3.69. The molecule has 0 aromatic heterocycles. The second-order valence-electron chi connectivity index (χ2n) is 4.20. The van der Waals surface area contributed by atoms with Gasteiger partial charge in [0, 0.05) is 42.8 Å². The first-order valence-electron chi connectivity index (χ1n) is 5.48. The second kappa shape index (κ2) is 5.26. The lowest BCUT2D eigenvalue weighted by Crippen LogP contribution is -2.44. The molecule has 0 aliphatic carbocycles. The summed E-state index contributed by atoms with van der Waals surface area (Å²) in [6, 6.07) is 6.14. The van der Waals surface area contributed by atoms with E-state index in [9.17, 15) is 0 Å².